The van der Waals surface area contributed by atoms with Gasteiger partial charge < -0.3 is 15.8 Å². The highest BCUT2D eigenvalue weighted by atomic mass is 16.5. The highest BCUT2D eigenvalue weighted by molar-refractivity contribution is 5.78. The Morgan fingerprint density at radius 3 is 2.64 bits per heavy atom. The molecule has 0 bridgehead atoms. The Hall–Kier alpha value is -1.43. The third kappa shape index (κ3) is 6.13. The van der Waals surface area contributed by atoms with E-state index >= 15 is 0 Å². The first-order valence-electron chi connectivity index (χ1n) is 8.11. The van der Waals surface area contributed by atoms with Crippen LogP contribution in [0.5, 0.6) is 0 Å². The van der Waals surface area contributed by atoms with Gasteiger partial charge in [-0.2, -0.15) is 0 Å². The van der Waals surface area contributed by atoms with Crippen LogP contribution in [0.2, 0.25) is 0 Å². The van der Waals surface area contributed by atoms with E-state index in [-0.39, 0.29) is 11.9 Å². The molecule has 1 amide bonds. The topological polar surface area (TPSA) is 67.6 Å². The second-order valence-electron chi connectivity index (χ2n) is 5.75. The normalized spacial score (nSPS) is 15.9. The van der Waals surface area contributed by atoms with Crippen molar-refractivity contribution >= 4 is 5.91 Å². The molecule has 1 aromatic rings. The van der Waals surface area contributed by atoms with Crippen molar-refractivity contribution < 1.29 is 9.53 Å². The maximum Gasteiger partial charge on any atom is 0.234 e. The number of hydrogen-bond acceptors (Lipinski definition) is 4. The van der Waals surface area contributed by atoms with Crippen LogP contribution in [0.25, 0.3) is 0 Å². The molecule has 1 heterocycles. The summed E-state index contributed by atoms with van der Waals surface area (Å²) < 4.78 is 5.31. The molecule has 2 rings (SSSR count). The Morgan fingerprint density at radius 1 is 1.23 bits per heavy atom. The van der Waals surface area contributed by atoms with E-state index in [1.807, 2.05) is 18.2 Å². The Balaban J connectivity index is 1.75. The fraction of sp³-hybridized carbons (Fsp3) is 0.588. The number of nitrogens with zero attached hydrogens (tertiary/aromatic N) is 1. The van der Waals surface area contributed by atoms with Gasteiger partial charge in [-0.05, 0) is 24.8 Å². The van der Waals surface area contributed by atoms with E-state index in [1.54, 1.807) is 0 Å². The molecule has 1 saturated heterocycles. The van der Waals surface area contributed by atoms with E-state index < -0.39 is 0 Å². The van der Waals surface area contributed by atoms with Crippen LogP contribution in [-0.2, 0) is 16.0 Å². The summed E-state index contributed by atoms with van der Waals surface area (Å²) in [6.45, 7) is 4.06. The van der Waals surface area contributed by atoms with Crippen molar-refractivity contribution in [1.82, 2.24) is 10.2 Å². The molecule has 5 heteroatoms. The smallest absolute Gasteiger partial charge is 0.234 e. The number of ether oxygens (including phenoxy) is 1. The summed E-state index contributed by atoms with van der Waals surface area (Å²) >= 11 is 0. The lowest BCUT2D eigenvalue weighted by molar-refractivity contribution is -0.123. The Kier molecular flexibility index (Phi) is 7.36. The molecule has 22 heavy (non-hydrogen) atoms. The quantitative estimate of drug-likeness (QED) is 0.745. The summed E-state index contributed by atoms with van der Waals surface area (Å²) in [6, 6.07) is 10.6. The van der Waals surface area contributed by atoms with Gasteiger partial charge in [0.1, 0.15) is 0 Å². The molecule has 1 fully saturated rings. The maximum absolute atomic E-state index is 12.2. The largest absolute Gasteiger partial charge is 0.381 e. The summed E-state index contributed by atoms with van der Waals surface area (Å²) in [7, 11) is 0. The van der Waals surface area contributed by atoms with Crippen molar-refractivity contribution in [3.63, 3.8) is 0 Å². The molecule has 0 spiro atoms. The molecule has 1 aliphatic rings. The molecule has 0 atom stereocenters. The van der Waals surface area contributed by atoms with Crippen LogP contribution in [0.15, 0.2) is 30.3 Å². The number of rotatable bonds is 8. The van der Waals surface area contributed by atoms with Crippen molar-refractivity contribution in [1.29, 1.82) is 0 Å². The number of hydrogen-bond donors (Lipinski definition) is 2. The van der Waals surface area contributed by atoms with E-state index in [1.165, 1.54) is 5.56 Å². The SMILES string of the molecule is NCCN(CCc1ccccc1)CC(=O)NC1CCOCC1. The van der Waals surface area contributed by atoms with Crippen molar-refractivity contribution in [2.45, 2.75) is 25.3 Å². The molecule has 5 nitrogen and oxygen atoms in total. The average Bonchev–Trinajstić information content (AvgIpc) is 2.55. The van der Waals surface area contributed by atoms with Crippen molar-refractivity contribution in [2.24, 2.45) is 5.73 Å². The van der Waals surface area contributed by atoms with Crippen LogP contribution in [0, 0.1) is 0 Å². The number of nitrogens with one attached hydrogen (secondary N) is 1. The second kappa shape index (κ2) is 9.56. The van der Waals surface area contributed by atoms with Crippen molar-refractivity contribution in [3.8, 4) is 0 Å². The lowest BCUT2D eigenvalue weighted by atomic mass is 10.1. The molecule has 0 radical (unpaired) electrons. The zero-order chi connectivity index (χ0) is 15.6. The van der Waals surface area contributed by atoms with Crippen molar-refractivity contribution in [2.75, 3.05) is 39.4 Å². The summed E-state index contributed by atoms with van der Waals surface area (Å²) in [5.41, 5.74) is 6.95. The van der Waals surface area contributed by atoms with Crippen LogP contribution in [-0.4, -0.2) is 56.2 Å². The van der Waals surface area contributed by atoms with Gasteiger partial charge in [0.05, 0.1) is 6.54 Å². The highest BCUT2D eigenvalue weighted by Gasteiger charge is 2.17. The summed E-state index contributed by atoms with van der Waals surface area (Å²) in [5, 5.41) is 3.10. The minimum absolute atomic E-state index is 0.0911. The van der Waals surface area contributed by atoms with Gasteiger partial charge >= 0.3 is 0 Å². The first-order valence-corrected chi connectivity index (χ1v) is 8.11. The molecule has 0 aliphatic carbocycles. The van der Waals surface area contributed by atoms with E-state index in [9.17, 15) is 4.79 Å². The number of nitrogens with two attached hydrogens (primary N) is 1. The van der Waals surface area contributed by atoms with Crippen LogP contribution in [0.1, 0.15) is 18.4 Å². The molecular weight excluding hydrogens is 278 g/mol. The molecule has 0 saturated carbocycles. The minimum atomic E-state index is 0.0911. The molecular formula is C17H27N3O2. The van der Waals surface area contributed by atoms with Gasteiger partial charge in [-0.3, -0.25) is 9.69 Å². The van der Waals surface area contributed by atoms with Gasteiger partial charge in [0, 0.05) is 38.9 Å². The molecule has 3 N–H and O–H groups in total. The predicted molar refractivity (Wildman–Crippen MR) is 87.6 cm³/mol. The van der Waals surface area contributed by atoms with E-state index in [4.69, 9.17) is 10.5 Å². The summed E-state index contributed by atoms with van der Waals surface area (Å²) in [4.78, 5) is 14.3. The highest BCUT2D eigenvalue weighted by Crippen LogP contribution is 2.06. The molecule has 0 unspecified atom stereocenters. The first kappa shape index (κ1) is 16.9. The Labute approximate surface area is 132 Å². The third-order valence-corrected chi connectivity index (χ3v) is 3.96. The summed E-state index contributed by atoms with van der Waals surface area (Å²) in [6.07, 6.45) is 2.75. The fourth-order valence-corrected chi connectivity index (χ4v) is 2.70. The van der Waals surface area contributed by atoms with Gasteiger partial charge in [0.25, 0.3) is 0 Å². The van der Waals surface area contributed by atoms with Gasteiger partial charge in [0.15, 0.2) is 0 Å². The zero-order valence-corrected chi connectivity index (χ0v) is 13.2. The Morgan fingerprint density at radius 2 is 1.95 bits per heavy atom. The average molecular weight is 305 g/mol. The van der Waals surface area contributed by atoms with Crippen molar-refractivity contribution in [3.05, 3.63) is 35.9 Å². The predicted octanol–water partition coefficient (Wildman–Crippen LogP) is 0.785. The molecule has 0 aromatic heterocycles. The number of amides is 1. The summed E-state index contributed by atoms with van der Waals surface area (Å²) in [5.74, 6) is 0.0911. The number of carbonyl (C=O) groups is 1. The molecule has 122 valence electrons. The van der Waals surface area contributed by atoms with Crippen LogP contribution in [0.3, 0.4) is 0 Å². The lowest BCUT2D eigenvalue weighted by Crippen LogP contribution is -2.45. The first-order chi connectivity index (χ1) is 10.8. The Bertz CT molecular complexity index is 433. The fourth-order valence-electron chi connectivity index (χ4n) is 2.70. The monoisotopic (exact) mass is 305 g/mol. The third-order valence-electron chi connectivity index (χ3n) is 3.96. The van der Waals surface area contributed by atoms with E-state index in [2.05, 4.69) is 22.3 Å². The molecule has 1 aliphatic heterocycles. The maximum atomic E-state index is 12.2. The molecule has 1 aromatic carbocycles. The van der Waals surface area contributed by atoms with Gasteiger partial charge in [-0.25, -0.2) is 0 Å². The number of benzene rings is 1. The second-order valence-corrected chi connectivity index (χ2v) is 5.75. The van der Waals surface area contributed by atoms with E-state index in [0.717, 1.165) is 45.6 Å². The zero-order valence-electron chi connectivity index (χ0n) is 13.2. The van der Waals surface area contributed by atoms with Crippen LogP contribution in [0.4, 0.5) is 0 Å². The number of carbonyl (C=O) groups excluding carboxylic acids is 1. The van der Waals surface area contributed by atoms with E-state index in [0.29, 0.717) is 13.1 Å². The van der Waals surface area contributed by atoms with Gasteiger partial charge in [-0.1, -0.05) is 30.3 Å². The standard InChI is InChI=1S/C17H27N3O2/c18-9-11-20(10-6-15-4-2-1-3-5-15)14-17(21)19-16-7-12-22-13-8-16/h1-5,16H,6-14,18H2,(H,19,21). The van der Waals surface area contributed by atoms with Crippen LogP contribution >= 0.6 is 0 Å². The lowest BCUT2D eigenvalue weighted by Gasteiger charge is -2.26. The van der Waals surface area contributed by atoms with Crippen LogP contribution < -0.4 is 11.1 Å². The van der Waals surface area contributed by atoms with Gasteiger partial charge in [-0.15, -0.1) is 0 Å². The minimum Gasteiger partial charge on any atom is -0.381 e. The van der Waals surface area contributed by atoms with Gasteiger partial charge in [0.2, 0.25) is 5.91 Å².